The Morgan fingerprint density at radius 2 is 1.37 bits per heavy atom. The summed E-state index contributed by atoms with van der Waals surface area (Å²) in [4.78, 5) is 116. The number of aliphatic carboxylic acids is 1. The third-order valence-corrected chi connectivity index (χ3v) is 12.6. The highest BCUT2D eigenvalue weighted by Crippen LogP contribution is 2.22. The van der Waals surface area contributed by atoms with Gasteiger partial charge in [0, 0.05) is 26.6 Å². The van der Waals surface area contributed by atoms with Crippen molar-refractivity contribution in [2.75, 3.05) is 33.2 Å². The Labute approximate surface area is 428 Å². The number of nitrogens with one attached hydrogen (secondary N) is 5. The zero-order valence-corrected chi connectivity index (χ0v) is 42.9. The number of carbonyl (C=O) groups excluding carboxylic acids is 7. The third kappa shape index (κ3) is 21.1. The van der Waals surface area contributed by atoms with Crippen LogP contribution in [0.25, 0.3) is 0 Å². The molecule has 1 aliphatic heterocycles. The topological polar surface area (TPSA) is 360 Å². The number of amides is 7. The second-order valence-electron chi connectivity index (χ2n) is 19.0. The smallest absolute Gasteiger partial charge is 0.322 e. The molecule has 0 radical (unpaired) electrons. The molecule has 0 spiro atoms. The number of aromatic hydroxyl groups is 1. The van der Waals surface area contributed by atoms with Crippen molar-refractivity contribution < 1.29 is 48.6 Å². The fourth-order valence-corrected chi connectivity index (χ4v) is 8.57. The fraction of sp³-hybridized carbons (Fsp3) is 0.588. The Kier molecular flexibility index (Phi) is 26.2. The van der Waals surface area contributed by atoms with Gasteiger partial charge in [0.25, 0.3) is 0 Å². The minimum atomic E-state index is -1.28. The third-order valence-electron chi connectivity index (χ3n) is 12.6. The zero-order chi connectivity index (χ0) is 54.0. The minimum Gasteiger partial charge on any atom is -0.508 e. The molecule has 22 nitrogen and oxygen atoms in total. The van der Waals surface area contributed by atoms with Gasteiger partial charge in [-0.1, -0.05) is 88.9 Å². The number of hydrogen-bond acceptors (Lipinski definition) is 12. The summed E-state index contributed by atoms with van der Waals surface area (Å²) >= 11 is 0. The van der Waals surface area contributed by atoms with Gasteiger partial charge in [-0.15, -0.1) is 0 Å². The summed E-state index contributed by atoms with van der Waals surface area (Å²) in [5, 5.41) is 32.4. The van der Waals surface area contributed by atoms with Gasteiger partial charge in [0.05, 0.1) is 6.04 Å². The Hall–Kier alpha value is -6.81. The second kappa shape index (κ2) is 31.6. The standard InChI is InChI=1S/C51H80N12O10/c1-5-6-17-38(59-48(71)42(28-32(2)3)62(4)49(72)40(30-33-15-9-7-10-16-33)61-44(67)36(53)29-34-21-23-35(64)24-22-34)46(69)60-39(18-11-8-12-25-52)50(73)63-27-14-20-41(63)47(70)58-37(19-13-26-56-51(54)55)45(68)57-31-43(65)66/h7,9-10,15-16,21-24,32,36-42,64H,5-6,8,11-14,17-20,25-31,52-53H2,1-4H3,(H,57,68)(H,58,70)(H,59,71)(H,60,69)(H,61,67)(H,65,66)(H4,54,55,56)/t36-,37-,38-,39-,40-,41-,42-/m0/s1. The van der Waals surface area contributed by atoms with Crippen LogP contribution in [0.4, 0.5) is 0 Å². The Balaban J connectivity index is 1.88. The van der Waals surface area contributed by atoms with E-state index in [0.29, 0.717) is 50.6 Å². The highest BCUT2D eigenvalue weighted by atomic mass is 16.4. The van der Waals surface area contributed by atoms with Crippen LogP contribution >= 0.6 is 0 Å². The van der Waals surface area contributed by atoms with Crippen molar-refractivity contribution in [2.24, 2.45) is 33.8 Å². The van der Waals surface area contributed by atoms with Crippen molar-refractivity contribution in [1.82, 2.24) is 36.4 Å². The number of likely N-dealkylation sites (N-methyl/N-ethyl adjacent to an activating group) is 1. The maximum absolute atomic E-state index is 14.6. The molecular weight excluding hydrogens is 941 g/mol. The average molecular weight is 1020 g/mol. The molecule has 0 saturated carbocycles. The number of aliphatic imine (C=N–C) groups is 1. The first-order valence-electron chi connectivity index (χ1n) is 25.4. The summed E-state index contributed by atoms with van der Waals surface area (Å²) in [6.07, 6.45) is 4.82. The molecule has 1 saturated heterocycles. The number of carboxylic acid groups (broad SMARTS) is 1. The van der Waals surface area contributed by atoms with E-state index in [2.05, 4.69) is 31.6 Å². The molecule has 0 aliphatic carbocycles. The van der Waals surface area contributed by atoms with Crippen LogP contribution in [0, 0.1) is 5.92 Å². The van der Waals surface area contributed by atoms with Gasteiger partial charge in [-0.2, -0.15) is 0 Å². The van der Waals surface area contributed by atoms with Crippen molar-refractivity contribution in [1.29, 1.82) is 0 Å². The second-order valence-corrected chi connectivity index (χ2v) is 19.0. The zero-order valence-electron chi connectivity index (χ0n) is 42.9. The molecule has 1 aliphatic rings. The summed E-state index contributed by atoms with van der Waals surface area (Å²) in [6.45, 7) is 5.76. The lowest BCUT2D eigenvalue weighted by Crippen LogP contribution is -2.60. The highest BCUT2D eigenvalue weighted by Gasteiger charge is 2.40. The molecule has 22 heteroatoms. The number of guanidine groups is 1. The summed E-state index contributed by atoms with van der Waals surface area (Å²) < 4.78 is 0. The van der Waals surface area contributed by atoms with Crippen molar-refractivity contribution >= 4 is 53.3 Å². The van der Waals surface area contributed by atoms with Crippen LogP contribution in [0.5, 0.6) is 5.75 Å². The van der Waals surface area contributed by atoms with Crippen molar-refractivity contribution in [2.45, 2.75) is 153 Å². The number of carbonyl (C=O) groups is 8. The molecule has 0 unspecified atom stereocenters. The van der Waals surface area contributed by atoms with Gasteiger partial charge < -0.3 is 69.5 Å². The number of likely N-dealkylation sites (tertiary alicyclic amines) is 1. The maximum atomic E-state index is 14.6. The van der Waals surface area contributed by atoms with Gasteiger partial charge in [-0.3, -0.25) is 43.3 Å². The number of unbranched alkanes of at least 4 members (excludes halogenated alkanes) is 3. The van der Waals surface area contributed by atoms with Gasteiger partial charge in [0.2, 0.25) is 41.4 Å². The van der Waals surface area contributed by atoms with Crippen molar-refractivity contribution in [3.05, 3.63) is 65.7 Å². The first-order chi connectivity index (χ1) is 34.7. The molecule has 3 rings (SSSR count). The van der Waals surface area contributed by atoms with E-state index in [1.165, 1.54) is 29.0 Å². The van der Waals surface area contributed by atoms with Crippen LogP contribution in [0.2, 0.25) is 0 Å². The number of phenolic OH excluding ortho intramolecular Hbond substituents is 1. The highest BCUT2D eigenvalue weighted by molar-refractivity contribution is 5.97. The Bertz CT molecular complexity index is 2140. The number of benzene rings is 2. The van der Waals surface area contributed by atoms with Gasteiger partial charge in [-0.25, -0.2) is 0 Å². The van der Waals surface area contributed by atoms with Crippen LogP contribution in [-0.2, 0) is 51.2 Å². The Morgan fingerprint density at radius 3 is 2.00 bits per heavy atom. The fourth-order valence-electron chi connectivity index (χ4n) is 8.57. The predicted octanol–water partition coefficient (Wildman–Crippen LogP) is 0.272. The molecule has 2 aromatic rings. The number of carboxylic acids is 1. The lowest BCUT2D eigenvalue weighted by Gasteiger charge is -2.34. The largest absolute Gasteiger partial charge is 0.508 e. The molecule has 404 valence electrons. The molecule has 7 amide bonds. The van der Waals surface area contributed by atoms with Crippen LogP contribution in [0.3, 0.4) is 0 Å². The normalized spacial score (nSPS) is 15.7. The van der Waals surface area contributed by atoms with E-state index in [-0.39, 0.29) is 82.1 Å². The first kappa shape index (κ1) is 60.5. The predicted molar refractivity (Wildman–Crippen MR) is 276 cm³/mol. The Morgan fingerprint density at radius 1 is 0.753 bits per heavy atom. The van der Waals surface area contributed by atoms with Gasteiger partial charge in [-0.05, 0) is 93.5 Å². The van der Waals surface area contributed by atoms with E-state index in [4.69, 9.17) is 28.0 Å². The first-order valence-corrected chi connectivity index (χ1v) is 25.4. The molecule has 73 heavy (non-hydrogen) atoms. The summed E-state index contributed by atoms with van der Waals surface area (Å²) in [5.74, 6) is -5.79. The lowest BCUT2D eigenvalue weighted by atomic mass is 9.98. The minimum absolute atomic E-state index is 0.0594. The molecule has 0 aromatic heterocycles. The number of rotatable bonds is 32. The van der Waals surface area contributed by atoms with Gasteiger partial charge >= 0.3 is 5.97 Å². The van der Waals surface area contributed by atoms with Crippen molar-refractivity contribution in [3.63, 3.8) is 0 Å². The van der Waals surface area contributed by atoms with Crippen molar-refractivity contribution in [3.8, 4) is 5.75 Å². The van der Waals surface area contributed by atoms with E-state index < -0.39 is 96.2 Å². The number of phenols is 1. The molecule has 1 fully saturated rings. The van der Waals surface area contributed by atoms with Gasteiger partial charge in [0.1, 0.15) is 48.5 Å². The molecule has 1 heterocycles. The van der Waals surface area contributed by atoms with E-state index in [1.807, 2.05) is 39.0 Å². The molecular formula is C51H80N12O10. The average Bonchev–Trinajstić information content (AvgIpc) is 3.86. The lowest BCUT2D eigenvalue weighted by molar-refractivity contribution is -0.144. The SMILES string of the molecule is CCCC[C@H](NC(=O)[C@H](CC(C)C)N(C)C(=O)[C@H](Cc1ccccc1)NC(=O)[C@@H](N)Cc1ccc(O)cc1)C(=O)N[C@@H](CCCCCN)C(=O)N1CCC[C@H]1C(=O)N[C@@H](CCCN=C(N)N)C(=O)NCC(=O)O. The van der Waals surface area contributed by atoms with Gasteiger partial charge in [0.15, 0.2) is 5.96 Å². The molecule has 2 aromatic carbocycles. The van der Waals surface area contributed by atoms with Crippen LogP contribution < -0.4 is 49.5 Å². The molecule has 0 bridgehead atoms. The van der Waals surface area contributed by atoms with E-state index in [1.54, 1.807) is 24.3 Å². The van der Waals surface area contributed by atoms with Crippen LogP contribution in [0.15, 0.2) is 59.6 Å². The van der Waals surface area contributed by atoms with E-state index in [9.17, 15) is 43.5 Å². The summed E-state index contributed by atoms with van der Waals surface area (Å²) in [6, 6.07) is 7.63. The summed E-state index contributed by atoms with van der Waals surface area (Å²) in [5.41, 5.74) is 24.4. The maximum Gasteiger partial charge on any atom is 0.322 e. The summed E-state index contributed by atoms with van der Waals surface area (Å²) in [7, 11) is 1.48. The van der Waals surface area contributed by atoms with Crippen LogP contribution in [-0.4, -0.2) is 149 Å². The molecule has 7 atom stereocenters. The number of nitrogens with two attached hydrogens (primary N) is 4. The van der Waals surface area contributed by atoms with E-state index >= 15 is 0 Å². The molecule has 15 N–H and O–H groups in total. The van der Waals surface area contributed by atoms with E-state index in [0.717, 1.165) is 5.56 Å². The number of nitrogens with zero attached hydrogens (tertiary/aromatic N) is 3. The number of hydrogen-bond donors (Lipinski definition) is 11. The monoisotopic (exact) mass is 1020 g/mol. The quantitative estimate of drug-likeness (QED) is 0.0266. The van der Waals surface area contributed by atoms with Crippen LogP contribution in [0.1, 0.15) is 109 Å².